The van der Waals surface area contributed by atoms with Crippen LogP contribution in [-0.4, -0.2) is 30.6 Å². The number of likely N-dealkylation sites (N-methyl/N-ethyl adjacent to an activating group) is 1. The van der Waals surface area contributed by atoms with E-state index in [1.807, 2.05) is 44.0 Å². The minimum absolute atomic E-state index is 0.289. The summed E-state index contributed by atoms with van der Waals surface area (Å²) in [5, 5.41) is 0. The van der Waals surface area contributed by atoms with Gasteiger partial charge in [-0.2, -0.15) is 0 Å². The smallest absolute Gasteiger partial charge is 0.331 e. The number of methoxy groups -OCH3 is 1. The Hall–Kier alpha value is -2.04. The van der Waals surface area contributed by atoms with Crippen molar-refractivity contribution in [2.45, 2.75) is 19.4 Å². The van der Waals surface area contributed by atoms with Crippen LogP contribution in [0.2, 0.25) is 0 Å². The minimum Gasteiger partial charge on any atom is -0.467 e. The molecule has 1 heterocycles. The molecule has 0 saturated carbocycles. The summed E-state index contributed by atoms with van der Waals surface area (Å²) in [7, 11) is 3.23. The van der Waals surface area contributed by atoms with Gasteiger partial charge in [-0.3, -0.25) is 0 Å². The second kappa shape index (κ2) is 4.33. The molecule has 0 aliphatic rings. The van der Waals surface area contributed by atoms with Crippen molar-refractivity contribution < 1.29 is 13.9 Å². The Kier molecular flexibility index (Phi) is 2.98. The van der Waals surface area contributed by atoms with E-state index in [1.165, 1.54) is 13.5 Å². The summed E-state index contributed by atoms with van der Waals surface area (Å²) in [6, 6.07) is 5.61. The number of oxazole rings is 1. The number of esters is 1. The fraction of sp³-hybridized carbons (Fsp3) is 0.385. The first-order chi connectivity index (χ1) is 8.46. The molecule has 18 heavy (non-hydrogen) atoms. The van der Waals surface area contributed by atoms with Crippen molar-refractivity contribution in [1.82, 2.24) is 4.98 Å². The van der Waals surface area contributed by atoms with Crippen LogP contribution >= 0.6 is 0 Å². The highest BCUT2D eigenvalue weighted by Crippen LogP contribution is 2.26. The molecule has 1 aromatic heterocycles. The van der Waals surface area contributed by atoms with E-state index in [2.05, 4.69) is 4.98 Å². The summed E-state index contributed by atoms with van der Waals surface area (Å²) < 4.78 is 10.1. The summed E-state index contributed by atoms with van der Waals surface area (Å²) in [6.07, 6.45) is 1.40. The predicted molar refractivity (Wildman–Crippen MR) is 68.5 cm³/mol. The maximum Gasteiger partial charge on any atom is 0.331 e. The number of ether oxygens (including phenoxy) is 1. The molecule has 0 aliphatic heterocycles. The molecule has 0 atom stereocenters. The highest BCUT2D eigenvalue weighted by atomic mass is 16.5. The summed E-state index contributed by atoms with van der Waals surface area (Å²) in [5.74, 6) is -0.289. The third-order valence-electron chi connectivity index (χ3n) is 3.23. The largest absolute Gasteiger partial charge is 0.467 e. The number of aromatic nitrogens is 1. The van der Waals surface area contributed by atoms with Crippen LogP contribution in [0.15, 0.2) is 29.0 Å². The van der Waals surface area contributed by atoms with Crippen molar-refractivity contribution in [1.29, 1.82) is 0 Å². The first-order valence-electron chi connectivity index (χ1n) is 5.62. The highest BCUT2D eigenvalue weighted by molar-refractivity contribution is 5.85. The third kappa shape index (κ3) is 1.92. The van der Waals surface area contributed by atoms with Gasteiger partial charge in [-0.15, -0.1) is 0 Å². The van der Waals surface area contributed by atoms with E-state index in [9.17, 15) is 4.79 Å². The molecule has 2 aromatic rings. The lowest BCUT2D eigenvalue weighted by molar-refractivity contribution is -0.145. The van der Waals surface area contributed by atoms with E-state index in [4.69, 9.17) is 9.15 Å². The number of carbonyl (C=O) groups excluding carboxylic acids is 1. The van der Waals surface area contributed by atoms with Crippen molar-refractivity contribution in [3.8, 4) is 0 Å². The van der Waals surface area contributed by atoms with Crippen LogP contribution in [0.5, 0.6) is 0 Å². The molecule has 5 heteroatoms. The van der Waals surface area contributed by atoms with Gasteiger partial charge in [-0.25, -0.2) is 9.78 Å². The summed E-state index contributed by atoms with van der Waals surface area (Å²) in [4.78, 5) is 17.7. The molecular weight excluding hydrogens is 232 g/mol. The number of rotatable bonds is 3. The summed E-state index contributed by atoms with van der Waals surface area (Å²) in [5.41, 5.74) is 1.61. The van der Waals surface area contributed by atoms with Gasteiger partial charge in [-0.1, -0.05) is 0 Å². The van der Waals surface area contributed by atoms with E-state index in [-0.39, 0.29) is 5.97 Å². The van der Waals surface area contributed by atoms with Crippen LogP contribution in [0.25, 0.3) is 11.1 Å². The quantitative estimate of drug-likeness (QED) is 0.779. The molecule has 0 aliphatic carbocycles. The van der Waals surface area contributed by atoms with Gasteiger partial charge in [0.05, 0.1) is 7.11 Å². The second-order valence-corrected chi connectivity index (χ2v) is 4.61. The van der Waals surface area contributed by atoms with Gasteiger partial charge < -0.3 is 14.1 Å². The fourth-order valence-electron chi connectivity index (χ4n) is 1.76. The molecule has 0 radical (unpaired) electrons. The van der Waals surface area contributed by atoms with Gasteiger partial charge in [0.15, 0.2) is 12.0 Å². The molecule has 0 fully saturated rings. The van der Waals surface area contributed by atoms with Crippen LogP contribution in [0.3, 0.4) is 0 Å². The van der Waals surface area contributed by atoms with E-state index in [0.29, 0.717) is 5.58 Å². The Morgan fingerprint density at radius 2 is 2.17 bits per heavy atom. The number of hydrogen-bond acceptors (Lipinski definition) is 5. The van der Waals surface area contributed by atoms with Gasteiger partial charge in [0, 0.05) is 18.8 Å². The molecule has 0 spiro atoms. The molecular formula is C13H16N2O3. The molecule has 1 aromatic carbocycles. The zero-order chi connectivity index (χ0) is 13.3. The molecule has 5 nitrogen and oxygen atoms in total. The Morgan fingerprint density at radius 3 is 2.83 bits per heavy atom. The molecule has 2 rings (SSSR count). The number of carbonyl (C=O) groups is 1. The van der Waals surface area contributed by atoms with Crippen molar-refractivity contribution in [2.75, 3.05) is 19.1 Å². The van der Waals surface area contributed by atoms with Gasteiger partial charge in [0.1, 0.15) is 11.1 Å². The lowest BCUT2D eigenvalue weighted by atomic mass is 10.0. The molecule has 0 N–H and O–H groups in total. The van der Waals surface area contributed by atoms with Gasteiger partial charge in [0.25, 0.3) is 0 Å². The SMILES string of the molecule is COC(=O)C(C)(C)N(C)c1ccc2ncoc2c1. The fourth-order valence-corrected chi connectivity index (χ4v) is 1.76. The Labute approximate surface area is 105 Å². The Bertz CT molecular complexity index is 574. The van der Waals surface area contributed by atoms with Crippen molar-refractivity contribution in [2.24, 2.45) is 0 Å². The number of fused-ring (bicyclic) bond motifs is 1. The van der Waals surface area contributed by atoms with Crippen molar-refractivity contribution in [3.05, 3.63) is 24.6 Å². The maximum atomic E-state index is 11.8. The Balaban J connectivity index is 2.38. The number of hydrogen-bond donors (Lipinski definition) is 0. The first-order valence-corrected chi connectivity index (χ1v) is 5.62. The van der Waals surface area contributed by atoms with Gasteiger partial charge in [-0.05, 0) is 26.0 Å². The standard InChI is InChI=1S/C13H16N2O3/c1-13(2,12(16)17-4)15(3)9-5-6-10-11(7-9)18-8-14-10/h5-8H,1-4H3. The number of benzene rings is 1. The summed E-state index contributed by atoms with van der Waals surface area (Å²) >= 11 is 0. The van der Waals surface area contributed by atoms with Gasteiger partial charge in [0.2, 0.25) is 0 Å². The minimum atomic E-state index is -0.748. The number of anilines is 1. The van der Waals surface area contributed by atoms with Crippen molar-refractivity contribution >= 4 is 22.8 Å². The lowest BCUT2D eigenvalue weighted by Gasteiger charge is -2.34. The normalized spacial score (nSPS) is 11.6. The molecule has 0 unspecified atom stereocenters. The van der Waals surface area contributed by atoms with Crippen LogP contribution in [0.4, 0.5) is 5.69 Å². The Morgan fingerprint density at radius 1 is 1.44 bits per heavy atom. The van der Waals surface area contributed by atoms with Crippen LogP contribution in [0, 0.1) is 0 Å². The van der Waals surface area contributed by atoms with E-state index in [1.54, 1.807) is 0 Å². The maximum absolute atomic E-state index is 11.8. The van der Waals surface area contributed by atoms with Crippen LogP contribution < -0.4 is 4.90 Å². The predicted octanol–water partition coefficient (Wildman–Crippen LogP) is 2.22. The van der Waals surface area contributed by atoms with E-state index < -0.39 is 5.54 Å². The van der Waals surface area contributed by atoms with Crippen LogP contribution in [0.1, 0.15) is 13.8 Å². The average Bonchev–Trinajstić information content (AvgIpc) is 2.83. The van der Waals surface area contributed by atoms with E-state index >= 15 is 0 Å². The van der Waals surface area contributed by atoms with E-state index in [0.717, 1.165) is 11.2 Å². The molecule has 96 valence electrons. The highest BCUT2D eigenvalue weighted by Gasteiger charge is 2.33. The summed E-state index contributed by atoms with van der Waals surface area (Å²) in [6.45, 7) is 3.62. The second-order valence-electron chi connectivity index (χ2n) is 4.61. The monoisotopic (exact) mass is 248 g/mol. The molecule has 0 amide bonds. The molecule has 0 bridgehead atoms. The zero-order valence-electron chi connectivity index (χ0n) is 10.9. The first kappa shape index (κ1) is 12.4. The average molecular weight is 248 g/mol. The topological polar surface area (TPSA) is 55.6 Å². The zero-order valence-corrected chi connectivity index (χ0v) is 10.9. The molecule has 0 saturated heterocycles. The van der Waals surface area contributed by atoms with Crippen molar-refractivity contribution in [3.63, 3.8) is 0 Å². The number of nitrogens with zero attached hydrogens (tertiary/aromatic N) is 2. The van der Waals surface area contributed by atoms with Crippen LogP contribution in [-0.2, 0) is 9.53 Å². The lowest BCUT2D eigenvalue weighted by Crippen LogP contribution is -2.48. The van der Waals surface area contributed by atoms with Gasteiger partial charge >= 0.3 is 5.97 Å². The third-order valence-corrected chi connectivity index (χ3v) is 3.23.